The van der Waals surface area contributed by atoms with Crippen LogP contribution in [0.3, 0.4) is 0 Å². The topological polar surface area (TPSA) is 127 Å². The average Bonchev–Trinajstić information content (AvgIpc) is 3.41. The van der Waals surface area contributed by atoms with Gasteiger partial charge in [0, 0.05) is 5.56 Å². The zero-order valence-corrected chi connectivity index (χ0v) is 21.8. The van der Waals surface area contributed by atoms with Gasteiger partial charge >= 0.3 is 22.8 Å². The van der Waals surface area contributed by atoms with Crippen LogP contribution in [0.4, 0.5) is 0 Å². The monoisotopic (exact) mass is 552 g/mol. The quantitative estimate of drug-likeness (QED) is 0.336. The first-order valence-electron chi connectivity index (χ1n) is 13.0. The Bertz CT molecular complexity index is 2090. The van der Waals surface area contributed by atoms with E-state index in [1.54, 1.807) is 84.9 Å². The van der Waals surface area contributed by atoms with Gasteiger partial charge in [-0.15, -0.1) is 0 Å². The maximum absolute atomic E-state index is 14.0. The number of hydrogen-bond acceptors (Lipinski definition) is 6. The molecule has 5 aromatic rings. The molecule has 4 heterocycles. The van der Waals surface area contributed by atoms with Gasteiger partial charge in [0.25, 0.3) is 0 Å². The van der Waals surface area contributed by atoms with Crippen molar-refractivity contribution in [3.05, 3.63) is 138 Å². The maximum atomic E-state index is 14.0. The molecule has 41 heavy (non-hydrogen) atoms. The maximum Gasteiger partial charge on any atom is 0.352 e. The molecule has 0 bridgehead atoms. The lowest BCUT2D eigenvalue weighted by atomic mass is 9.89. The summed E-state index contributed by atoms with van der Waals surface area (Å²) < 4.78 is 12.7. The number of para-hydroxylation sites is 3. The van der Waals surface area contributed by atoms with Crippen molar-refractivity contribution in [2.24, 2.45) is 0 Å². The van der Waals surface area contributed by atoms with E-state index >= 15 is 0 Å². The van der Waals surface area contributed by atoms with Gasteiger partial charge in [-0.05, 0) is 35.9 Å². The van der Waals surface area contributed by atoms with Crippen LogP contribution in [-0.4, -0.2) is 40.1 Å². The summed E-state index contributed by atoms with van der Waals surface area (Å²) >= 11 is 0. The van der Waals surface area contributed by atoms with E-state index in [1.807, 2.05) is 0 Å². The summed E-state index contributed by atoms with van der Waals surface area (Å²) in [6.45, 7) is -0.0293. The van der Waals surface area contributed by atoms with Gasteiger partial charge in [0.15, 0.2) is 11.5 Å². The predicted octanol–water partition coefficient (Wildman–Crippen LogP) is 1.41. The van der Waals surface area contributed by atoms with Gasteiger partial charge in [-0.25, -0.2) is 47.0 Å². The fourth-order valence-electron chi connectivity index (χ4n) is 5.96. The third kappa shape index (κ3) is 3.40. The van der Waals surface area contributed by atoms with Gasteiger partial charge in [0.05, 0.1) is 37.6 Å². The van der Waals surface area contributed by atoms with E-state index in [1.165, 1.54) is 25.8 Å². The standard InChI is InChI=1S/C29H24N6O6/c1-41-23-14-8-13-21(25(23)36)24-20-15-16-30-26(37)32(18-9-4-2-5-10-18)28(39)34(30)22(20)17-31-27(38)33(29(40)35(24)31)19-11-6-3-7-12-19/h2-15,22,24,36H,16-17H2,1H3. The van der Waals surface area contributed by atoms with Crippen molar-refractivity contribution in [2.45, 2.75) is 25.2 Å². The number of methoxy groups -OCH3 is 1. The van der Waals surface area contributed by atoms with Gasteiger partial charge in [-0.1, -0.05) is 54.6 Å². The largest absolute Gasteiger partial charge is 0.504 e. The van der Waals surface area contributed by atoms with Gasteiger partial charge in [-0.3, -0.25) is 0 Å². The Labute approximate surface area is 231 Å². The number of aromatic nitrogens is 6. The van der Waals surface area contributed by atoms with Crippen LogP contribution in [0.5, 0.6) is 11.5 Å². The SMILES string of the molecule is COc1cccc(C2C3=CCn4c(=O)n(-c5ccccc5)c(=O)n4C3Cn3c(=O)n(-c4ccccc4)c(=O)n32)c1O. The van der Waals surface area contributed by atoms with Crippen LogP contribution in [0, 0.1) is 0 Å². The molecule has 7 rings (SSSR count). The van der Waals surface area contributed by atoms with E-state index in [0.717, 1.165) is 9.13 Å². The molecule has 2 aliphatic heterocycles. The highest BCUT2D eigenvalue weighted by molar-refractivity contribution is 5.50. The van der Waals surface area contributed by atoms with Crippen molar-refractivity contribution >= 4 is 0 Å². The molecule has 12 nitrogen and oxygen atoms in total. The number of hydrogen-bond donors (Lipinski definition) is 1. The van der Waals surface area contributed by atoms with Crippen molar-refractivity contribution in [1.82, 2.24) is 27.9 Å². The minimum Gasteiger partial charge on any atom is -0.504 e. The number of nitrogens with zero attached hydrogens (tertiary/aromatic N) is 6. The first kappa shape index (κ1) is 24.5. The Hall–Kier alpha value is -5.52. The molecule has 1 N–H and O–H groups in total. The molecule has 0 saturated heterocycles. The molecule has 2 unspecified atom stereocenters. The smallest absolute Gasteiger partial charge is 0.352 e. The molecule has 2 atom stereocenters. The predicted molar refractivity (Wildman–Crippen MR) is 148 cm³/mol. The Kier molecular flexibility index (Phi) is 5.39. The minimum atomic E-state index is -0.968. The van der Waals surface area contributed by atoms with Crippen LogP contribution in [0.1, 0.15) is 17.6 Å². The molecular weight excluding hydrogens is 528 g/mol. The molecule has 0 aliphatic carbocycles. The van der Waals surface area contributed by atoms with Crippen molar-refractivity contribution in [2.75, 3.05) is 7.11 Å². The van der Waals surface area contributed by atoms with Gasteiger partial charge < -0.3 is 9.84 Å². The number of fused-ring (bicyclic) bond motifs is 4. The van der Waals surface area contributed by atoms with Crippen LogP contribution in [-0.2, 0) is 13.1 Å². The molecule has 2 aliphatic rings. The molecule has 0 radical (unpaired) electrons. The second kappa shape index (κ2) is 9.01. The molecule has 3 aromatic carbocycles. The number of allylic oxidation sites excluding steroid dienone is 2. The summed E-state index contributed by atoms with van der Waals surface area (Å²) in [5.74, 6) is -0.00754. The zero-order chi connectivity index (χ0) is 28.4. The second-order valence-electron chi connectivity index (χ2n) is 9.85. The first-order valence-corrected chi connectivity index (χ1v) is 13.0. The summed E-state index contributed by atoms with van der Waals surface area (Å²) in [6.07, 6.45) is 1.78. The molecule has 206 valence electrons. The lowest BCUT2D eigenvalue weighted by Gasteiger charge is -2.37. The van der Waals surface area contributed by atoms with E-state index in [9.17, 15) is 24.3 Å². The minimum absolute atomic E-state index is 0.0549. The van der Waals surface area contributed by atoms with Crippen molar-refractivity contribution in [3.63, 3.8) is 0 Å². The highest BCUT2D eigenvalue weighted by atomic mass is 16.5. The summed E-state index contributed by atoms with van der Waals surface area (Å²) in [7, 11) is 1.42. The van der Waals surface area contributed by atoms with E-state index < -0.39 is 34.8 Å². The Morgan fingerprint density at radius 2 is 1.29 bits per heavy atom. The zero-order valence-electron chi connectivity index (χ0n) is 21.8. The lowest BCUT2D eigenvalue weighted by molar-refractivity contribution is 0.243. The number of phenolic OH excluding ortho intramolecular Hbond substituents is 1. The van der Waals surface area contributed by atoms with Crippen molar-refractivity contribution in [1.29, 1.82) is 0 Å². The molecule has 0 saturated carbocycles. The van der Waals surface area contributed by atoms with Crippen LogP contribution < -0.4 is 27.5 Å². The summed E-state index contributed by atoms with van der Waals surface area (Å²) in [4.78, 5) is 55.1. The van der Waals surface area contributed by atoms with Crippen LogP contribution in [0.25, 0.3) is 11.4 Å². The number of phenols is 1. The van der Waals surface area contributed by atoms with Crippen molar-refractivity contribution < 1.29 is 9.84 Å². The fraction of sp³-hybridized carbons (Fsp3) is 0.172. The highest BCUT2D eigenvalue weighted by Gasteiger charge is 2.42. The van der Waals surface area contributed by atoms with E-state index in [2.05, 4.69) is 0 Å². The fourth-order valence-corrected chi connectivity index (χ4v) is 5.96. The normalized spacial score (nSPS) is 17.3. The van der Waals surface area contributed by atoms with Crippen LogP contribution >= 0.6 is 0 Å². The second-order valence-corrected chi connectivity index (χ2v) is 9.85. The molecule has 2 aromatic heterocycles. The first-order chi connectivity index (χ1) is 19.9. The highest BCUT2D eigenvalue weighted by Crippen LogP contribution is 2.43. The number of rotatable bonds is 4. The van der Waals surface area contributed by atoms with Crippen LogP contribution in [0.15, 0.2) is 110 Å². The number of ether oxygens (including phenoxy) is 1. The van der Waals surface area contributed by atoms with Crippen LogP contribution in [0.2, 0.25) is 0 Å². The Balaban J connectivity index is 1.52. The molecule has 0 fully saturated rings. The summed E-state index contributed by atoms with van der Waals surface area (Å²) in [5, 5.41) is 11.2. The summed E-state index contributed by atoms with van der Waals surface area (Å²) in [6, 6.07) is 20.3. The molecule has 0 spiro atoms. The van der Waals surface area contributed by atoms with E-state index in [4.69, 9.17) is 4.74 Å². The van der Waals surface area contributed by atoms with E-state index in [0.29, 0.717) is 22.5 Å². The van der Waals surface area contributed by atoms with E-state index in [-0.39, 0.29) is 24.6 Å². The Morgan fingerprint density at radius 1 is 0.707 bits per heavy atom. The van der Waals surface area contributed by atoms with Gasteiger partial charge in [0.1, 0.15) is 6.04 Å². The summed E-state index contributed by atoms with van der Waals surface area (Å²) in [5.41, 5.74) is -0.605. The molecular formula is C29H24N6O6. The third-order valence-electron chi connectivity index (χ3n) is 7.78. The van der Waals surface area contributed by atoms with Crippen molar-refractivity contribution in [3.8, 4) is 22.9 Å². The van der Waals surface area contributed by atoms with Gasteiger partial charge in [0.2, 0.25) is 0 Å². The molecule has 12 heteroatoms. The Morgan fingerprint density at radius 3 is 1.90 bits per heavy atom. The average molecular weight is 553 g/mol. The lowest BCUT2D eigenvalue weighted by Crippen LogP contribution is -2.47. The number of benzene rings is 3. The number of aromatic hydroxyl groups is 1. The third-order valence-corrected chi connectivity index (χ3v) is 7.78. The molecule has 0 amide bonds. The van der Waals surface area contributed by atoms with Gasteiger partial charge in [-0.2, -0.15) is 0 Å².